The maximum absolute atomic E-state index is 4.08. The van der Waals surface area contributed by atoms with Crippen LogP contribution >= 0.6 is 0 Å². The molecule has 7 heavy (non-hydrogen) atoms. The molecule has 0 saturated carbocycles. The molecule has 0 unspecified atom stereocenters. The summed E-state index contributed by atoms with van der Waals surface area (Å²) in [6.45, 7) is 9.08. The van der Waals surface area contributed by atoms with Gasteiger partial charge in [-0.3, -0.25) is 0 Å². The molecule has 41 valence electrons. The molecule has 0 saturated heterocycles. The van der Waals surface area contributed by atoms with Gasteiger partial charge in [-0.25, -0.2) is 5.32 Å². The molecule has 3 radical (unpaired) electrons. The highest BCUT2D eigenvalue weighted by Gasteiger charge is 1.79. The second kappa shape index (κ2) is 5.96. The van der Waals surface area contributed by atoms with Crippen LogP contribution in [0, 0.1) is 13.8 Å². The lowest BCUT2D eigenvalue weighted by Crippen LogP contribution is -2.05. The number of rotatable bonds is 4. The molecular weight excluding hydrogens is 86.1 g/mol. The quantitative estimate of drug-likeness (QED) is 0.466. The van der Waals surface area contributed by atoms with E-state index in [2.05, 4.69) is 19.2 Å². The van der Waals surface area contributed by atoms with Crippen molar-refractivity contribution in [3.05, 3.63) is 13.8 Å². The van der Waals surface area contributed by atoms with E-state index in [1.165, 1.54) is 0 Å². The van der Waals surface area contributed by atoms with Crippen LogP contribution in [0.2, 0.25) is 0 Å². The van der Waals surface area contributed by atoms with Crippen molar-refractivity contribution in [2.24, 2.45) is 0 Å². The zero-order valence-corrected chi connectivity index (χ0v) is 4.69. The van der Waals surface area contributed by atoms with E-state index >= 15 is 0 Å². The molecule has 1 nitrogen and oxygen atoms in total. The average Bonchev–Trinajstić information content (AvgIpc) is 1.69. The smallest absolute Gasteiger partial charge is 0.0133 e. The third-order valence-corrected chi connectivity index (χ3v) is 0.632. The lowest BCUT2D eigenvalue weighted by atomic mass is 10.4. The van der Waals surface area contributed by atoms with Crippen molar-refractivity contribution in [3.8, 4) is 0 Å². The van der Waals surface area contributed by atoms with Gasteiger partial charge in [0.1, 0.15) is 0 Å². The Morgan fingerprint density at radius 1 is 1.00 bits per heavy atom. The van der Waals surface area contributed by atoms with Gasteiger partial charge >= 0.3 is 0 Å². The standard InChI is InChI=1S/C6H12N/c1-3-5-7-6-4-2/h1-6H2. The molecule has 0 heterocycles. The zero-order valence-electron chi connectivity index (χ0n) is 4.69. The van der Waals surface area contributed by atoms with E-state index in [0.29, 0.717) is 0 Å². The minimum absolute atomic E-state index is 0.898. The van der Waals surface area contributed by atoms with Crippen LogP contribution in [-0.2, 0) is 0 Å². The van der Waals surface area contributed by atoms with Gasteiger partial charge in [-0.15, -0.1) is 0 Å². The molecule has 0 aromatic heterocycles. The van der Waals surface area contributed by atoms with Gasteiger partial charge in [0.25, 0.3) is 0 Å². The first-order valence-corrected chi connectivity index (χ1v) is 2.63. The van der Waals surface area contributed by atoms with Crippen molar-refractivity contribution in [2.75, 3.05) is 13.1 Å². The van der Waals surface area contributed by atoms with Crippen molar-refractivity contribution < 1.29 is 0 Å². The SMILES string of the molecule is [CH2]CC[N]CC[CH2]. The first kappa shape index (κ1) is 6.96. The molecule has 0 bridgehead atoms. The van der Waals surface area contributed by atoms with Crippen molar-refractivity contribution in [3.63, 3.8) is 0 Å². The van der Waals surface area contributed by atoms with Crippen LogP contribution in [-0.4, -0.2) is 13.1 Å². The minimum Gasteiger partial charge on any atom is -0.242 e. The molecule has 0 aliphatic rings. The van der Waals surface area contributed by atoms with Crippen molar-refractivity contribution >= 4 is 0 Å². The van der Waals surface area contributed by atoms with E-state index in [1.54, 1.807) is 0 Å². The topological polar surface area (TPSA) is 14.1 Å². The fourth-order valence-electron chi connectivity index (χ4n) is 0.335. The summed E-state index contributed by atoms with van der Waals surface area (Å²) >= 11 is 0. The molecule has 0 aliphatic heterocycles. The summed E-state index contributed by atoms with van der Waals surface area (Å²) in [4.78, 5) is 0. The van der Waals surface area contributed by atoms with E-state index in [4.69, 9.17) is 0 Å². The maximum atomic E-state index is 4.08. The minimum atomic E-state index is 0.898. The third kappa shape index (κ3) is 5.96. The van der Waals surface area contributed by atoms with Gasteiger partial charge in [-0.1, -0.05) is 13.8 Å². The van der Waals surface area contributed by atoms with E-state index in [9.17, 15) is 0 Å². The number of nitrogens with zero attached hydrogens (tertiary/aromatic N) is 1. The molecule has 0 amide bonds. The molecular formula is C6H12N. The van der Waals surface area contributed by atoms with Crippen LogP contribution < -0.4 is 5.32 Å². The van der Waals surface area contributed by atoms with Gasteiger partial charge < -0.3 is 0 Å². The average molecular weight is 98.2 g/mol. The van der Waals surface area contributed by atoms with Crippen molar-refractivity contribution in [2.45, 2.75) is 12.8 Å². The predicted octanol–water partition coefficient (Wildman–Crippen LogP) is 1.04. The monoisotopic (exact) mass is 98.1 g/mol. The van der Waals surface area contributed by atoms with Crippen molar-refractivity contribution in [1.82, 2.24) is 5.32 Å². The second-order valence-electron chi connectivity index (χ2n) is 1.38. The maximum Gasteiger partial charge on any atom is 0.0133 e. The Balaban J connectivity index is 2.45. The van der Waals surface area contributed by atoms with Crippen LogP contribution in [0.5, 0.6) is 0 Å². The normalized spacial score (nSPS) is 9.43. The van der Waals surface area contributed by atoms with E-state index in [-0.39, 0.29) is 0 Å². The van der Waals surface area contributed by atoms with Crippen LogP contribution in [0.4, 0.5) is 0 Å². The molecule has 0 spiro atoms. The Kier molecular flexibility index (Phi) is 5.93. The fraction of sp³-hybridized carbons (Fsp3) is 0.667. The summed E-state index contributed by atoms with van der Waals surface area (Å²) in [5.41, 5.74) is 0. The summed E-state index contributed by atoms with van der Waals surface area (Å²) in [6, 6.07) is 0. The van der Waals surface area contributed by atoms with Gasteiger partial charge in [0, 0.05) is 13.1 Å². The summed E-state index contributed by atoms with van der Waals surface area (Å²) in [7, 11) is 0. The van der Waals surface area contributed by atoms with Gasteiger partial charge in [0.05, 0.1) is 0 Å². The van der Waals surface area contributed by atoms with E-state index < -0.39 is 0 Å². The Bertz CT molecular complexity index is 23.4. The fourth-order valence-corrected chi connectivity index (χ4v) is 0.335. The van der Waals surface area contributed by atoms with Crippen LogP contribution in [0.3, 0.4) is 0 Å². The van der Waals surface area contributed by atoms with Gasteiger partial charge in [-0.2, -0.15) is 0 Å². The number of hydrogen-bond acceptors (Lipinski definition) is 0. The summed E-state index contributed by atoms with van der Waals surface area (Å²) in [5, 5.41) is 4.08. The highest BCUT2D eigenvalue weighted by molar-refractivity contribution is 4.48. The second-order valence-corrected chi connectivity index (χ2v) is 1.38. The van der Waals surface area contributed by atoms with Crippen molar-refractivity contribution in [1.29, 1.82) is 0 Å². The highest BCUT2D eigenvalue weighted by Crippen LogP contribution is 1.73. The molecule has 0 rings (SSSR count). The summed E-state index contributed by atoms with van der Waals surface area (Å²) < 4.78 is 0. The first-order chi connectivity index (χ1) is 3.41. The Morgan fingerprint density at radius 2 is 1.43 bits per heavy atom. The molecule has 0 aromatic carbocycles. The molecule has 1 heteroatoms. The lowest BCUT2D eigenvalue weighted by molar-refractivity contribution is 0.681. The molecule has 0 N–H and O–H groups in total. The Hall–Kier alpha value is -0.0400. The first-order valence-electron chi connectivity index (χ1n) is 2.63. The van der Waals surface area contributed by atoms with E-state index in [0.717, 1.165) is 25.9 Å². The molecule has 0 fully saturated rings. The lowest BCUT2D eigenvalue weighted by Gasteiger charge is -1.92. The van der Waals surface area contributed by atoms with Crippen LogP contribution in [0.15, 0.2) is 0 Å². The largest absolute Gasteiger partial charge is 0.242 e. The number of hydrogen-bond donors (Lipinski definition) is 0. The Morgan fingerprint density at radius 3 is 1.71 bits per heavy atom. The van der Waals surface area contributed by atoms with Crippen LogP contribution in [0.1, 0.15) is 12.8 Å². The highest BCUT2D eigenvalue weighted by atomic mass is 14.8. The summed E-state index contributed by atoms with van der Waals surface area (Å²) in [6.07, 6.45) is 1.83. The van der Waals surface area contributed by atoms with Gasteiger partial charge in [0.2, 0.25) is 0 Å². The third-order valence-electron chi connectivity index (χ3n) is 0.632. The summed E-state index contributed by atoms with van der Waals surface area (Å²) in [5.74, 6) is 0. The van der Waals surface area contributed by atoms with Gasteiger partial charge in [-0.05, 0) is 12.8 Å². The molecule has 0 aromatic rings. The molecule has 0 aliphatic carbocycles. The predicted molar refractivity (Wildman–Crippen MR) is 31.8 cm³/mol. The van der Waals surface area contributed by atoms with E-state index in [1.807, 2.05) is 0 Å². The van der Waals surface area contributed by atoms with Gasteiger partial charge in [0.15, 0.2) is 0 Å². The molecule has 0 atom stereocenters. The van der Waals surface area contributed by atoms with Crippen LogP contribution in [0.25, 0.3) is 0 Å². The zero-order chi connectivity index (χ0) is 5.54. The Labute approximate surface area is 46.1 Å².